The molecule has 6 nitrogen and oxygen atoms in total. The first-order valence-corrected chi connectivity index (χ1v) is 2.94. The van der Waals surface area contributed by atoms with E-state index in [-0.39, 0.29) is 0 Å². The molecule has 11 heavy (non-hydrogen) atoms. The molecule has 0 saturated carbocycles. The Morgan fingerprint density at radius 3 is 2.91 bits per heavy atom. The summed E-state index contributed by atoms with van der Waals surface area (Å²) in [5.74, 6) is 10.6. The summed E-state index contributed by atoms with van der Waals surface area (Å²) in [4.78, 5) is 13.5. The molecule has 0 radical (unpaired) electrons. The van der Waals surface area contributed by atoms with Crippen LogP contribution in [0.25, 0.3) is 0 Å². The summed E-state index contributed by atoms with van der Waals surface area (Å²) in [5.41, 5.74) is 1.90. The second-order valence-electron chi connectivity index (χ2n) is 1.87. The summed E-state index contributed by atoms with van der Waals surface area (Å²) in [6.07, 6.45) is 1.65. The molecule has 0 unspecified atom stereocenters. The Morgan fingerprint density at radius 2 is 2.45 bits per heavy atom. The molecule has 0 saturated heterocycles. The van der Waals surface area contributed by atoms with Crippen molar-refractivity contribution in [1.82, 2.24) is 10.4 Å². The smallest absolute Gasteiger partial charge is 0.347 e. The molecule has 0 spiro atoms. The molecule has 0 aromatic carbocycles. The van der Waals surface area contributed by atoms with Gasteiger partial charge in [-0.2, -0.15) is 0 Å². The fraction of sp³-hybridized carbons (Fsp3) is 0. The lowest BCUT2D eigenvalue weighted by Crippen LogP contribution is -2.47. The minimum atomic E-state index is -0.576. The van der Waals surface area contributed by atoms with Crippen molar-refractivity contribution in [3.05, 3.63) is 18.3 Å². The molecule has 0 atom stereocenters. The number of hydrogen-bond donors (Lipinski definition) is 4. The van der Waals surface area contributed by atoms with Gasteiger partial charge in [-0.1, -0.05) is 0 Å². The Bertz CT molecular complexity index is 231. The Kier molecular flexibility index (Phi) is 2.09. The number of aromatic nitrogens is 1. The number of urea groups is 1. The Morgan fingerprint density at radius 1 is 1.73 bits per heavy atom. The number of hydrogen-bond acceptors (Lipinski definition) is 3. The molecule has 0 aliphatic rings. The molecule has 0 fully saturated rings. The van der Waals surface area contributed by atoms with Crippen LogP contribution >= 0.6 is 0 Å². The number of anilines is 1. The number of nitrogens with two attached hydrogens (primary N) is 2. The summed E-state index contributed by atoms with van der Waals surface area (Å²) in [6.45, 7) is 0. The zero-order chi connectivity index (χ0) is 8.27. The van der Waals surface area contributed by atoms with Gasteiger partial charge in [0.2, 0.25) is 0 Å². The topological polar surface area (TPSA) is 100 Å². The lowest BCUT2D eigenvalue weighted by atomic mass is 10.6. The molecule has 0 bridgehead atoms. The van der Waals surface area contributed by atoms with Gasteiger partial charge < -0.3 is 4.98 Å². The van der Waals surface area contributed by atoms with E-state index in [2.05, 4.69) is 4.98 Å². The van der Waals surface area contributed by atoms with Crippen molar-refractivity contribution in [1.29, 1.82) is 0 Å². The second kappa shape index (κ2) is 3.04. The maximum atomic E-state index is 10.8. The SMILES string of the molecule is NNC(=O)N(N)c1ccc[nH]1. The van der Waals surface area contributed by atoms with Gasteiger partial charge in [0.15, 0.2) is 0 Å². The first-order valence-electron chi connectivity index (χ1n) is 2.94. The monoisotopic (exact) mass is 155 g/mol. The Balaban J connectivity index is 2.70. The first-order chi connectivity index (χ1) is 5.25. The molecular weight excluding hydrogens is 146 g/mol. The third kappa shape index (κ3) is 1.48. The van der Waals surface area contributed by atoms with Crippen molar-refractivity contribution in [3.8, 4) is 0 Å². The first kappa shape index (κ1) is 7.58. The third-order valence-corrected chi connectivity index (χ3v) is 1.18. The second-order valence-corrected chi connectivity index (χ2v) is 1.87. The van der Waals surface area contributed by atoms with Crippen molar-refractivity contribution >= 4 is 11.8 Å². The minimum Gasteiger partial charge on any atom is -0.347 e. The van der Waals surface area contributed by atoms with E-state index in [1.165, 1.54) is 0 Å². The molecule has 6 N–H and O–H groups in total. The van der Waals surface area contributed by atoms with Gasteiger partial charge in [0.25, 0.3) is 0 Å². The van der Waals surface area contributed by atoms with Crippen LogP contribution in [0.1, 0.15) is 0 Å². The molecule has 2 amide bonds. The van der Waals surface area contributed by atoms with E-state index in [1.807, 2.05) is 5.43 Å². The predicted octanol–water partition coefficient (Wildman–Crippen LogP) is -0.722. The van der Waals surface area contributed by atoms with Crippen LogP contribution in [-0.4, -0.2) is 11.0 Å². The standard InChI is InChI=1S/C5H9N5O/c6-9-5(11)10(7)4-2-1-3-8-4/h1-3,8H,6-7H2,(H,9,11). The highest BCUT2D eigenvalue weighted by molar-refractivity contribution is 5.89. The Hall–Kier alpha value is -1.53. The van der Waals surface area contributed by atoms with Crippen LogP contribution in [0.15, 0.2) is 18.3 Å². The zero-order valence-electron chi connectivity index (χ0n) is 5.74. The zero-order valence-corrected chi connectivity index (χ0v) is 5.74. The van der Waals surface area contributed by atoms with Crippen LogP contribution in [0.3, 0.4) is 0 Å². The minimum absolute atomic E-state index is 0.480. The largest absolute Gasteiger partial charge is 0.351 e. The number of hydrazine groups is 2. The third-order valence-electron chi connectivity index (χ3n) is 1.18. The quantitative estimate of drug-likeness (QED) is 0.244. The summed E-state index contributed by atoms with van der Waals surface area (Å²) in [5, 5.41) is 0.875. The number of carbonyl (C=O) groups is 1. The lowest BCUT2D eigenvalue weighted by Gasteiger charge is -2.12. The van der Waals surface area contributed by atoms with Crippen molar-refractivity contribution in [2.75, 3.05) is 5.01 Å². The highest BCUT2D eigenvalue weighted by Gasteiger charge is 2.08. The lowest BCUT2D eigenvalue weighted by molar-refractivity contribution is 0.246. The van der Waals surface area contributed by atoms with Gasteiger partial charge in [0, 0.05) is 6.20 Å². The van der Waals surface area contributed by atoms with Crippen molar-refractivity contribution < 1.29 is 4.79 Å². The van der Waals surface area contributed by atoms with Gasteiger partial charge in [-0.25, -0.2) is 21.5 Å². The summed E-state index contributed by atoms with van der Waals surface area (Å²) in [7, 11) is 0. The molecule has 1 aromatic rings. The van der Waals surface area contributed by atoms with Gasteiger partial charge in [0.1, 0.15) is 5.82 Å². The number of carbonyl (C=O) groups excluding carboxylic acids is 1. The van der Waals surface area contributed by atoms with E-state index in [4.69, 9.17) is 11.7 Å². The van der Waals surface area contributed by atoms with Gasteiger partial charge in [-0.15, -0.1) is 0 Å². The predicted molar refractivity (Wildman–Crippen MR) is 40.2 cm³/mol. The van der Waals surface area contributed by atoms with Crippen LogP contribution in [-0.2, 0) is 0 Å². The number of H-pyrrole nitrogens is 1. The molecular formula is C5H9N5O. The van der Waals surface area contributed by atoms with Crippen molar-refractivity contribution in [3.63, 3.8) is 0 Å². The highest BCUT2D eigenvalue weighted by Crippen LogP contribution is 2.04. The van der Waals surface area contributed by atoms with Crippen LogP contribution in [0.2, 0.25) is 0 Å². The maximum Gasteiger partial charge on any atom is 0.351 e. The molecule has 1 rings (SSSR count). The Labute approximate surface area is 63.1 Å². The molecule has 6 heteroatoms. The summed E-state index contributed by atoms with van der Waals surface area (Å²) in [6, 6.07) is 2.79. The van der Waals surface area contributed by atoms with Gasteiger partial charge in [0.05, 0.1) is 0 Å². The van der Waals surface area contributed by atoms with Crippen molar-refractivity contribution in [2.24, 2.45) is 11.7 Å². The summed E-state index contributed by atoms with van der Waals surface area (Å²) < 4.78 is 0. The fourth-order valence-electron chi connectivity index (χ4n) is 0.650. The van der Waals surface area contributed by atoms with E-state index in [1.54, 1.807) is 18.3 Å². The average Bonchev–Trinajstić information content (AvgIpc) is 2.53. The van der Waals surface area contributed by atoms with Gasteiger partial charge >= 0.3 is 6.03 Å². The van der Waals surface area contributed by atoms with Gasteiger partial charge in [-0.3, -0.25) is 5.43 Å². The van der Waals surface area contributed by atoms with Gasteiger partial charge in [-0.05, 0) is 12.1 Å². The summed E-state index contributed by atoms with van der Waals surface area (Å²) >= 11 is 0. The number of aromatic amines is 1. The normalized spacial score (nSPS) is 9.27. The molecule has 60 valence electrons. The van der Waals surface area contributed by atoms with E-state index >= 15 is 0 Å². The highest BCUT2D eigenvalue weighted by atomic mass is 16.2. The number of nitrogens with one attached hydrogen (secondary N) is 2. The van der Waals surface area contributed by atoms with Crippen LogP contribution in [0.5, 0.6) is 0 Å². The van der Waals surface area contributed by atoms with Crippen molar-refractivity contribution in [2.45, 2.75) is 0 Å². The van der Waals surface area contributed by atoms with Crippen LogP contribution in [0.4, 0.5) is 10.6 Å². The van der Waals surface area contributed by atoms with E-state index in [9.17, 15) is 4.79 Å². The van der Waals surface area contributed by atoms with E-state index < -0.39 is 6.03 Å². The number of nitrogens with zero attached hydrogens (tertiary/aromatic N) is 1. The number of rotatable bonds is 1. The van der Waals surface area contributed by atoms with E-state index in [0.717, 1.165) is 5.01 Å². The fourth-order valence-corrected chi connectivity index (χ4v) is 0.650. The van der Waals surface area contributed by atoms with E-state index in [0.29, 0.717) is 5.82 Å². The molecule has 1 aromatic heterocycles. The number of amides is 2. The molecule has 0 aliphatic heterocycles. The molecule has 1 heterocycles. The van der Waals surface area contributed by atoms with Crippen LogP contribution < -0.4 is 22.1 Å². The maximum absolute atomic E-state index is 10.8. The average molecular weight is 155 g/mol. The molecule has 0 aliphatic carbocycles. The van der Waals surface area contributed by atoms with Crippen LogP contribution in [0, 0.1) is 0 Å².